The second-order valence-electron chi connectivity index (χ2n) is 4.97. The van der Waals surface area contributed by atoms with Crippen LogP contribution in [0.4, 0.5) is 0 Å². The van der Waals surface area contributed by atoms with E-state index in [1.54, 1.807) is 0 Å². The van der Waals surface area contributed by atoms with Gasteiger partial charge < -0.3 is 5.11 Å². The van der Waals surface area contributed by atoms with Gasteiger partial charge in [-0.2, -0.15) is 0 Å². The van der Waals surface area contributed by atoms with Crippen molar-refractivity contribution in [1.82, 2.24) is 4.98 Å². The van der Waals surface area contributed by atoms with Gasteiger partial charge in [0, 0.05) is 19.7 Å². The third-order valence-corrected chi connectivity index (χ3v) is 4.64. The summed E-state index contributed by atoms with van der Waals surface area (Å²) in [5.41, 5.74) is 3.59. The Bertz CT molecular complexity index is 819. The second kappa shape index (κ2) is 5.91. The summed E-state index contributed by atoms with van der Waals surface area (Å²) in [6.45, 7) is 1.97. The SMILES string of the molecule is Cc1ccc2cc(C(O)c3cc(Cl)ccc3I)ccc2n1. The zero-order valence-electron chi connectivity index (χ0n) is 11.3. The number of fused-ring (bicyclic) bond motifs is 1. The Morgan fingerprint density at radius 2 is 1.90 bits per heavy atom. The standard InChI is InChI=1S/C17H13ClINO/c1-10-2-3-11-8-12(4-7-16(11)20-10)17(21)14-9-13(18)5-6-15(14)19/h2-9,17,21H,1H3. The fourth-order valence-electron chi connectivity index (χ4n) is 2.32. The summed E-state index contributed by atoms with van der Waals surface area (Å²) in [5, 5.41) is 12.3. The third-order valence-electron chi connectivity index (χ3n) is 3.42. The van der Waals surface area contributed by atoms with Gasteiger partial charge in [-0.1, -0.05) is 23.7 Å². The molecule has 0 bridgehead atoms. The van der Waals surface area contributed by atoms with Crippen molar-refractivity contribution in [3.63, 3.8) is 0 Å². The van der Waals surface area contributed by atoms with Crippen molar-refractivity contribution >= 4 is 45.1 Å². The molecule has 0 saturated heterocycles. The Kier molecular flexibility index (Phi) is 4.15. The topological polar surface area (TPSA) is 33.1 Å². The number of nitrogens with zero attached hydrogens (tertiary/aromatic N) is 1. The van der Waals surface area contributed by atoms with E-state index < -0.39 is 6.10 Å². The van der Waals surface area contributed by atoms with Crippen LogP contribution in [0.15, 0.2) is 48.5 Å². The summed E-state index contributed by atoms with van der Waals surface area (Å²) in [4.78, 5) is 4.48. The van der Waals surface area contributed by atoms with Crippen LogP contribution in [0.25, 0.3) is 10.9 Å². The van der Waals surface area contributed by atoms with Crippen molar-refractivity contribution in [3.8, 4) is 0 Å². The number of hydrogen-bond acceptors (Lipinski definition) is 2. The van der Waals surface area contributed by atoms with E-state index in [0.29, 0.717) is 5.02 Å². The monoisotopic (exact) mass is 409 g/mol. The van der Waals surface area contributed by atoms with Crippen LogP contribution in [-0.2, 0) is 0 Å². The van der Waals surface area contributed by atoms with Crippen molar-refractivity contribution in [2.45, 2.75) is 13.0 Å². The molecular weight excluding hydrogens is 397 g/mol. The van der Waals surface area contributed by atoms with Gasteiger partial charge in [0.2, 0.25) is 0 Å². The lowest BCUT2D eigenvalue weighted by Gasteiger charge is -2.14. The summed E-state index contributed by atoms with van der Waals surface area (Å²) < 4.78 is 0.992. The minimum atomic E-state index is -0.693. The Hall–Kier alpha value is -1.17. The van der Waals surface area contributed by atoms with E-state index in [0.717, 1.165) is 31.3 Å². The lowest BCUT2D eigenvalue weighted by molar-refractivity contribution is 0.219. The molecule has 4 heteroatoms. The highest BCUT2D eigenvalue weighted by Gasteiger charge is 2.14. The van der Waals surface area contributed by atoms with Crippen molar-refractivity contribution < 1.29 is 5.11 Å². The van der Waals surface area contributed by atoms with Gasteiger partial charge in [-0.25, -0.2) is 0 Å². The molecule has 0 spiro atoms. The fourth-order valence-corrected chi connectivity index (χ4v) is 3.13. The summed E-state index contributed by atoms with van der Waals surface area (Å²) in [7, 11) is 0. The van der Waals surface area contributed by atoms with Crippen LogP contribution in [0.2, 0.25) is 5.02 Å². The first kappa shape index (κ1) is 14.8. The molecule has 0 saturated carbocycles. The highest BCUT2D eigenvalue weighted by Crippen LogP contribution is 2.30. The number of rotatable bonds is 2. The molecule has 3 aromatic rings. The normalized spacial score (nSPS) is 12.6. The van der Waals surface area contributed by atoms with Crippen molar-refractivity contribution in [1.29, 1.82) is 0 Å². The molecule has 0 radical (unpaired) electrons. The van der Waals surface area contributed by atoms with Gasteiger partial charge in [0.15, 0.2) is 0 Å². The van der Waals surface area contributed by atoms with E-state index in [-0.39, 0.29) is 0 Å². The van der Waals surface area contributed by atoms with E-state index in [9.17, 15) is 5.11 Å². The third kappa shape index (κ3) is 3.05. The Labute approximate surface area is 141 Å². The highest BCUT2D eigenvalue weighted by molar-refractivity contribution is 14.1. The van der Waals surface area contributed by atoms with Gasteiger partial charge >= 0.3 is 0 Å². The van der Waals surface area contributed by atoms with Gasteiger partial charge in [-0.05, 0) is 77.0 Å². The Morgan fingerprint density at radius 1 is 1.10 bits per heavy atom. The van der Waals surface area contributed by atoms with Crippen LogP contribution >= 0.6 is 34.2 Å². The van der Waals surface area contributed by atoms with Crippen LogP contribution in [0.5, 0.6) is 0 Å². The maximum atomic E-state index is 10.6. The zero-order chi connectivity index (χ0) is 15.0. The molecular formula is C17H13ClINO. The summed E-state index contributed by atoms with van der Waals surface area (Å²) in [6, 6.07) is 15.4. The van der Waals surface area contributed by atoms with Crippen molar-refractivity contribution in [3.05, 3.63) is 73.9 Å². The van der Waals surface area contributed by atoms with Crippen LogP contribution in [0.1, 0.15) is 22.9 Å². The molecule has 1 heterocycles. The number of aryl methyl sites for hydroxylation is 1. The van der Waals surface area contributed by atoms with E-state index in [1.807, 2.05) is 55.5 Å². The molecule has 0 fully saturated rings. The molecule has 0 amide bonds. The predicted octanol–water partition coefficient (Wildman–Crippen LogP) is 4.88. The van der Waals surface area contributed by atoms with Gasteiger partial charge in [-0.3, -0.25) is 4.98 Å². The number of pyridine rings is 1. The number of halogens is 2. The molecule has 106 valence electrons. The van der Waals surface area contributed by atoms with Gasteiger partial charge in [0.1, 0.15) is 6.10 Å². The zero-order valence-corrected chi connectivity index (χ0v) is 14.3. The molecule has 0 aliphatic heterocycles. The molecule has 3 rings (SSSR count). The molecule has 1 aromatic heterocycles. The van der Waals surface area contributed by atoms with E-state index in [2.05, 4.69) is 27.6 Å². The maximum Gasteiger partial charge on any atom is 0.105 e. The molecule has 0 aliphatic rings. The second-order valence-corrected chi connectivity index (χ2v) is 6.57. The largest absolute Gasteiger partial charge is 0.384 e. The van der Waals surface area contributed by atoms with Gasteiger partial charge in [0.05, 0.1) is 5.52 Å². The van der Waals surface area contributed by atoms with Crippen LogP contribution in [0, 0.1) is 10.5 Å². The molecule has 2 aromatic carbocycles. The smallest absolute Gasteiger partial charge is 0.105 e. The van der Waals surface area contributed by atoms with E-state index >= 15 is 0 Å². The quantitative estimate of drug-likeness (QED) is 0.612. The number of benzene rings is 2. The fraction of sp³-hybridized carbons (Fsp3) is 0.118. The molecule has 2 nitrogen and oxygen atoms in total. The summed E-state index contributed by atoms with van der Waals surface area (Å²) in [6.07, 6.45) is -0.693. The lowest BCUT2D eigenvalue weighted by atomic mass is 10.00. The minimum absolute atomic E-state index is 0.627. The first-order valence-corrected chi connectivity index (χ1v) is 8.00. The number of aliphatic hydroxyl groups is 1. The average Bonchev–Trinajstić information content (AvgIpc) is 2.48. The highest BCUT2D eigenvalue weighted by atomic mass is 127. The van der Waals surface area contributed by atoms with Crippen LogP contribution in [0.3, 0.4) is 0 Å². The van der Waals surface area contributed by atoms with Crippen LogP contribution in [-0.4, -0.2) is 10.1 Å². The minimum Gasteiger partial charge on any atom is -0.384 e. The predicted molar refractivity (Wildman–Crippen MR) is 94.7 cm³/mol. The Morgan fingerprint density at radius 3 is 2.71 bits per heavy atom. The molecule has 21 heavy (non-hydrogen) atoms. The maximum absolute atomic E-state index is 10.6. The van der Waals surface area contributed by atoms with Crippen molar-refractivity contribution in [2.24, 2.45) is 0 Å². The summed E-state index contributed by atoms with van der Waals surface area (Å²) in [5.74, 6) is 0. The van der Waals surface area contributed by atoms with E-state index in [1.165, 1.54) is 0 Å². The van der Waals surface area contributed by atoms with Crippen LogP contribution < -0.4 is 0 Å². The Balaban J connectivity index is 2.07. The molecule has 1 unspecified atom stereocenters. The van der Waals surface area contributed by atoms with Crippen molar-refractivity contribution in [2.75, 3.05) is 0 Å². The first-order chi connectivity index (χ1) is 10.0. The first-order valence-electron chi connectivity index (χ1n) is 6.55. The molecule has 1 atom stereocenters. The number of hydrogen-bond donors (Lipinski definition) is 1. The van der Waals surface area contributed by atoms with Gasteiger partial charge in [-0.15, -0.1) is 0 Å². The van der Waals surface area contributed by atoms with E-state index in [4.69, 9.17) is 11.6 Å². The lowest BCUT2D eigenvalue weighted by Crippen LogP contribution is -2.02. The number of aromatic nitrogens is 1. The average molecular weight is 410 g/mol. The molecule has 0 aliphatic carbocycles. The molecule has 1 N–H and O–H groups in total. The van der Waals surface area contributed by atoms with Gasteiger partial charge in [0.25, 0.3) is 0 Å². The summed E-state index contributed by atoms with van der Waals surface area (Å²) >= 11 is 8.25. The number of aliphatic hydroxyl groups excluding tert-OH is 1.